The van der Waals surface area contributed by atoms with E-state index in [1.165, 1.54) is 0 Å². The summed E-state index contributed by atoms with van der Waals surface area (Å²) in [6.45, 7) is 6.33. The Morgan fingerprint density at radius 1 is 1.08 bits per heavy atom. The summed E-state index contributed by atoms with van der Waals surface area (Å²) in [7, 11) is 0. The lowest BCUT2D eigenvalue weighted by Crippen LogP contribution is -2.24. The quantitative estimate of drug-likeness (QED) is 0.471. The molecule has 0 unspecified atom stereocenters. The molecule has 2 N–H and O–H groups in total. The summed E-state index contributed by atoms with van der Waals surface area (Å²) in [5, 5.41) is 11.5. The van der Waals surface area contributed by atoms with Crippen LogP contribution in [0.5, 0.6) is 0 Å². The van der Waals surface area contributed by atoms with E-state index in [-0.39, 0.29) is 6.61 Å². The molecule has 12 heavy (non-hydrogen) atoms. The lowest BCUT2D eigenvalue weighted by molar-refractivity contribution is 0.0915. The van der Waals surface area contributed by atoms with Gasteiger partial charge in [-0.2, -0.15) is 0 Å². The van der Waals surface area contributed by atoms with Gasteiger partial charge in [0.1, 0.15) is 0 Å². The van der Waals surface area contributed by atoms with Crippen molar-refractivity contribution in [3.05, 3.63) is 0 Å². The van der Waals surface area contributed by atoms with Gasteiger partial charge < -0.3 is 19.9 Å². The Hall–Kier alpha value is -0.160. The Bertz CT molecular complexity index is 70.7. The molecule has 0 rings (SSSR count). The first-order valence-corrected chi connectivity index (χ1v) is 4.39. The molecule has 0 radical (unpaired) electrons. The maximum Gasteiger partial charge on any atom is 0.0698 e. The standard InChI is InChI=1S/C8H19NO3/c1-2-11-6-3-9-4-7-12-8-5-10/h9-10H,2-8H2,1H3. The summed E-state index contributed by atoms with van der Waals surface area (Å²) in [6, 6.07) is 0. The van der Waals surface area contributed by atoms with Gasteiger partial charge in [0, 0.05) is 19.7 Å². The fourth-order valence-electron chi connectivity index (χ4n) is 0.725. The highest BCUT2D eigenvalue weighted by Gasteiger charge is 1.87. The molecule has 4 nitrogen and oxygen atoms in total. The summed E-state index contributed by atoms with van der Waals surface area (Å²) >= 11 is 0. The molecule has 0 aromatic rings. The lowest BCUT2D eigenvalue weighted by atomic mass is 10.6. The molecular formula is C8H19NO3. The first-order chi connectivity index (χ1) is 5.91. The van der Waals surface area contributed by atoms with E-state index in [1.54, 1.807) is 0 Å². The molecule has 0 amide bonds. The Morgan fingerprint density at radius 3 is 2.33 bits per heavy atom. The normalized spacial score (nSPS) is 10.5. The zero-order valence-electron chi connectivity index (χ0n) is 7.71. The first kappa shape index (κ1) is 11.8. The zero-order valence-corrected chi connectivity index (χ0v) is 7.71. The summed E-state index contributed by atoms with van der Waals surface area (Å²) in [6.07, 6.45) is 0. The first-order valence-electron chi connectivity index (χ1n) is 4.39. The van der Waals surface area contributed by atoms with E-state index >= 15 is 0 Å². The van der Waals surface area contributed by atoms with Crippen molar-refractivity contribution in [3.63, 3.8) is 0 Å². The van der Waals surface area contributed by atoms with Crippen molar-refractivity contribution in [3.8, 4) is 0 Å². The molecule has 0 aliphatic rings. The van der Waals surface area contributed by atoms with E-state index in [4.69, 9.17) is 14.6 Å². The largest absolute Gasteiger partial charge is 0.394 e. The molecule has 0 aliphatic carbocycles. The van der Waals surface area contributed by atoms with Crippen LogP contribution in [0.25, 0.3) is 0 Å². The van der Waals surface area contributed by atoms with Gasteiger partial charge in [-0.15, -0.1) is 0 Å². The minimum Gasteiger partial charge on any atom is -0.394 e. The number of hydrogen-bond donors (Lipinski definition) is 2. The Labute approximate surface area is 73.9 Å². The van der Waals surface area contributed by atoms with Crippen molar-refractivity contribution in [2.75, 3.05) is 46.1 Å². The average molecular weight is 177 g/mol. The molecule has 0 spiro atoms. The molecule has 0 atom stereocenters. The molecule has 0 saturated carbocycles. The summed E-state index contributed by atoms with van der Waals surface area (Å²) < 4.78 is 10.2. The molecule has 0 aromatic carbocycles. The average Bonchev–Trinajstić information content (AvgIpc) is 2.10. The van der Waals surface area contributed by atoms with Crippen LogP contribution in [0.4, 0.5) is 0 Å². The van der Waals surface area contributed by atoms with Crippen molar-refractivity contribution < 1.29 is 14.6 Å². The van der Waals surface area contributed by atoms with Gasteiger partial charge in [-0.25, -0.2) is 0 Å². The van der Waals surface area contributed by atoms with Crippen LogP contribution >= 0.6 is 0 Å². The third-order valence-corrected chi connectivity index (χ3v) is 1.29. The second kappa shape index (κ2) is 10.8. The van der Waals surface area contributed by atoms with Crippen molar-refractivity contribution in [2.45, 2.75) is 6.92 Å². The van der Waals surface area contributed by atoms with E-state index in [0.29, 0.717) is 13.2 Å². The maximum absolute atomic E-state index is 8.37. The predicted molar refractivity (Wildman–Crippen MR) is 47.3 cm³/mol. The van der Waals surface area contributed by atoms with Crippen molar-refractivity contribution in [2.24, 2.45) is 0 Å². The second-order valence-electron chi connectivity index (χ2n) is 2.28. The number of aliphatic hydroxyl groups is 1. The van der Waals surface area contributed by atoms with Crippen LogP contribution in [-0.4, -0.2) is 51.2 Å². The van der Waals surface area contributed by atoms with Crippen LogP contribution in [-0.2, 0) is 9.47 Å². The summed E-state index contributed by atoms with van der Waals surface area (Å²) in [4.78, 5) is 0. The smallest absolute Gasteiger partial charge is 0.0698 e. The SMILES string of the molecule is CCOCCNCCOCCO. The van der Waals surface area contributed by atoms with Crippen molar-refractivity contribution >= 4 is 0 Å². The van der Waals surface area contributed by atoms with Crippen molar-refractivity contribution in [1.29, 1.82) is 0 Å². The lowest BCUT2D eigenvalue weighted by Gasteiger charge is -2.04. The highest BCUT2D eigenvalue weighted by atomic mass is 16.5. The van der Waals surface area contributed by atoms with Crippen LogP contribution in [0.1, 0.15) is 6.92 Å². The molecule has 0 aromatic heterocycles. The van der Waals surface area contributed by atoms with Crippen LogP contribution < -0.4 is 5.32 Å². The number of rotatable bonds is 9. The van der Waals surface area contributed by atoms with Gasteiger partial charge in [0.25, 0.3) is 0 Å². The van der Waals surface area contributed by atoms with Gasteiger partial charge >= 0.3 is 0 Å². The Morgan fingerprint density at radius 2 is 1.75 bits per heavy atom. The Kier molecular flexibility index (Phi) is 10.7. The molecule has 0 fully saturated rings. The molecular weight excluding hydrogens is 158 g/mol. The highest BCUT2D eigenvalue weighted by molar-refractivity contribution is 4.44. The molecule has 74 valence electrons. The number of hydrogen-bond acceptors (Lipinski definition) is 4. The van der Waals surface area contributed by atoms with E-state index < -0.39 is 0 Å². The number of nitrogens with one attached hydrogen (secondary N) is 1. The van der Waals surface area contributed by atoms with E-state index in [1.807, 2.05) is 6.92 Å². The number of aliphatic hydroxyl groups excluding tert-OH is 1. The highest BCUT2D eigenvalue weighted by Crippen LogP contribution is 1.73. The van der Waals surface area contributed by atoms with Crippen LogP contribution in [0, 0.1) is 0 Å². The summed E-state index contributed by atoms with van der Waals surface area (Å²) in [5.74, 6) is 0. The van der Waals surface area contributed by atoms with E-state index in [2.05, 4.69) is 5.32 Å². The van der Waals surface area contributed by atoms with Crippen molar-refractivity contribution in [1.82, 2.24) is 5.32 Å². The predicted octanol–water partition coefficient (Wildman–Crippen LogP) is -0.379. The van der Waals surface area contributed by atoms with Crippen LogP contribution in [0.3, 0.4) is 0 Å². The topological polar surface area (TPSA) is 50.7 Å². The van der Waals surface area contributed by atoms with Gasteiger partial charge in [0.15, 0.2) is 0 Å². The third-order valence-electron chi connectivity index (χ3n) is 1.29. The second-order valence-corrected chi connectivity index (χ2v) is 2.28. The van der Waals surface area contributed by atoms with E-state index in [0.717, 1.165) is 26.3 Å². The fourth-order valence-corrected chi connectivity index (χ4v) is 0.725. The van der Waals surface area contributed by atoms with Crippen LogP contribution in [0.15, 0.2) is 0 Å². The maximum atomic E-state index is 8.37. The van der Waals surface area contributed by atoms with E-state index in [9.17, 15) is 0 Å². The summed E-state index contributed by atoms with van der Waals surface area (Å²) in [5.41, 5.74) is 0. The monoisotopic (exact) mass is 177 g/mol. The van der Waals surface area contributed by atoms with Gasteiger partial charge in [0.05, 0.1) is 26.4 Å². The molecule has 0 heterocycles. The Balaban J connectivity index is 2.73. The van der Waals surface area contributed by atoms with Gasteiger partial charge in [-0.1, -0.05) is 0 Å². The molecule has 0 aliphatic heterocycles. The fraction of sp³-hybridized carbons (Fsp3) is 1.00. The zero-order chi connectivity index (χ0) is 9.07. The molecule has 0 bridgehead atoms. The van der Waals surface area contributed by atoms with Gasteiger partial charge in [-0.3, -0.25) is 0 Å². The van der Waals surface area contributed by atoms with Gasteiger partial charge in [-0.05, 0) is 6.92 Å². The minimum atomic E-state index is 0.0962. The molecule has 4 heteroatoms. The third kappa shape index (κ3) is 9.84. The molecule has 0 saturated heterocycles. The van der Waals surface area contributed by atoms with Gasteiger partial charge in [0.2, 0.25) is 0 Å². The number of ether oxygens (including phenoxy) is 2. The minimum absolute atomic E-state index is 0.0962. The van der Waals surface area contributed by atoms with Crippen LogP contribution in [0.2, 0.25) is 0 Å².